The molecule has 0 spiro atoms. The number of aromatic amines is 2. The van der Waals surface area contributed by atoms with Gasteiger partial charge >= 0.3 is 0 Å². The summed E-state index contributed by atoms with van der Waals surface area (Å²) in [6.45, 7) is 8.25. The third kappa shape index (κ3) is 5.00. The van der Waals surface area contributed by atoms with Crippen molar-refractivity contribution in [3.63, 3.8) is 0 Å². The van der Waals surface area contributed by atoms with Gasteiger partial charge in [-0.05, 0) is 63.1 Å². The molecule has 0 radical (unpaired) electrons. The second-order valence-corrected chi connectivity index (χ2v) is 10.4. The molecule has 38 heavy (non-hydrogen) atoms. The molecule has 5 rings (SSSR count). The van der Waals surface area contributed by atoms with Crippen molar-refractivity contribution in [1.82, 2.24) is 35.5 Å². The lowest BCUT2D eigenvalue weighted by molar-refractivity contribution is 0.102. The number of carbonyl (C=O) groups is 1. The number of imidazole rings is 1. The number of thiophene rings is 1. The minimum Gasteiger partial charge on any atom is -0.385 e. The van der Waals surface area contributed by atoms with Crippen LogP contribution in [0.3, 0.4) is 0 Å². The van der Waals surface area contributed by atoms with Gasteiger partial charge in [-0.25, -0.2) is 9.97 Å². The maximum absolute atomic E-state index is 11.8. The normalized spacial score (nSPS) is 12.7. The number of H-pyrrole nitrogens is 2. The van der Waals surface area contributed by atoms with Crippen molar-refractivity contribution >= 4 is 44.8 Å². The largest absolute Gasteiger partial charge is 0.385 e. The number of ketones is 1. The van der Waals surface area contributed by atoms with Gasteiger partial charge in [0.25, 0.3) is 0 Å². The van der Waals surface area contributed by atoms with Crippen LogP contribution in [0.2, 0.25) is 0 Å². The zero-order valence-corrected chi connectivity index (χ0v) is 22.6. The van der Waals surface area contributed by atoms with Gasteiger partial charge in [0.05, 0.1) is 27.8 Å². The van der Waals surface area contributed by atoms with Crippen LogP contribution in [0, 0.1) is 0 Å². The Labute approximate surface area is 224 Å². The average Bonchev–Trinajstić information content (AvgIpc) is 3.64. The zero-order chi connectivity index (χ0) is 26.8. The van der Waals surface area contributed by atoms with Crippen LogP contribution in [0.1, 0.15) is 49.5 Å². The van der Waals surface area contributed by atoms with Crippen LogP contribution < -0.4 is 11.1 Å². The van der Waals surface area contributed by atoms with Crippen molar-refractivity contribution in [3.05, 3.63) is 65.1 Å². The molecular weight excluding hydrogens is 496 g/mol. The summed E-state index contributed by atoms with van der Waals surface area (Å²) in [6, 6.07) is 8.01. The molecule has 5 aromatic rings. The number of Topliss-reactive ketones (excluding diaryl/α,β-unsaturated/α-hetero) is 1. The molecule has 0 aromatic carbocycles. The summed E-state index contributed by atoms with van der Waals surface area (Å²) < 4.78 is 0. The summed E-state index contributed by atoms with van der Waals surface area (Å²) in [5.41, 5.74) is 13.3. The first kappa shape index (κ1) is 25.5. The number of hydrogen-bond acceptors (Lipinski definition) is 8. The van der Waals surface area contributed by atoms with Gasteiger partial charge in [-0.2, -0.15) is 5.10 Å². The predicted octanol–water partition coefficient (Wildman–Crippen LogP) is 5.46. The van der Waals surface area contributed by atoms with Gasteiger partial charge in [0.15, 0.2) is 17.3 Å². The van der Waals surface area contributed by atoms with Crippen molar-refractivity contribution in [2.75, 3.05) is 6.54 Å². The lowest BCUT2D eigenvalue weighted by Gasteiger charge is -2.13. The number of allylic oxidation sites excluding steroid dienone is 3. The van der Waals surface area contributed by atoms with Crippen molar-refractivity contribution in [1.29, 1.82) is 0 Å². The summed E-state index contributed by atoms with van der Waals surface area (Å²) in [6.07, 6.45) is 8.58. The van der Waals surface area contributed by atoms with Gasteiger partial charge < -0.3 is 16.0 Å². The molecular formula is C28H30N8OS. The maximum atomic E-state index is 11.8. The molecule has 0 saturated heterocycles. The van der Waals surface area contributed by atoms with Gasteiger partial charge in [0.2, 0.25) is 0 Å². The van der Waals surface area contributed by atoms with E-state index in [1.165, 1.54) is 11.3 Å². The molecule has 9 nitrogen and oxygen atoms in total. The number of nitrogens with two attached hydrogens (primary N) is 1. The van der Waals surface area contributed by atoms with Gasteiger partial charge in [-0.1, -0.05) is 13.0 Å². The molecule has 0 aliphatic carbocycles. The number of hydrogen-bond donors (Lipinski definition) is 4. The summed E-state index contributed by atoms with van der Waals surface area (Å²) in [4.78, 5) is 31.1. The molecule has 0 saturated carbocycles. The van der Waals surface area contributed by atoms with Crippen LogP contribution in [-0.4, -0.2) is 48.5 Å². The smallest absolute Gasteiger partial charge is 0.169 e. The molecule has 194 valence electrons. The molecule has 0 aliphatic rings. The Bertz CT molecular complexity index is 1690. The van der Waals surface area contributed by atoms with E-state index in [0.29, 0.717) is 28.5 Å². The molecule has 0 unspecified atom stereocenters. The SMILES string of the molecule is CC/C=C(\C=C(/CN)NC(C)C)c1ccc2[nH]nc(-c3nc4c(-c5ccc(C(C)=O)s5)cncc4[nH]3)c2n1. The van der Waals surface area contributed by atoms with E-state index in [9.17, 15) is 4.79 Å². The Hall–Kier alpha value is -4.15. The first-order valence-corrected chi connectivity index (χ1v) is 13.4. The number of pyridine rings is 2. The van der Waals surface area contributed by atoms with Crippen molar-refractivity contribution in [3.8, 4) is 22.0 Å². The molecule has 0 amide bonds. The average molecular weight is 527 g/mol. The maximum Gasteiger partial charge on any atom is 0.169 e. The number of carbonyl (C=O) groups excluding carboxylic acids is 1. The summed E-state index contributed by atoms with van der Waals surface area (Å²) in [7, 11) is 0. The Morgan fingerprint density at radius 1 is 1.13 bits per heavy atom. The molecule has 0 aliphatic heterocycles. The monoisotopic (exact) mass is 526 g/mol. The fourth-order valence-electron chi connectivity index (χ4n) is 4.30. The van der Waals surface area contributed by atoms with E-state index >= 15 is 0 Å². The van der Waals surface area contributed by atoms with Gasteiger partial charge in [-0.3, -0.25) is 14.9 Å². The van der Waals surface area contributed by atoms with Crippen LogP contribution in [0.5, 0.6) is 0 Å². The highest BCUT2D eigenvalue weighted by atomic mass is 32.1. The third-order valence-electron chi connectivity index (χ3n) is 5.99. The van der Waals surface area contributed by atoms with E-state index in [1.807, 2.05) is 24.3 Å². The fraction of sp³-hybridized carbons (Fsp3) is 0.250. The second-order valence-electron chi connectivity index (χ2n) is 9.29. The Morgan fingerprint density at radius 2 is 1.97 bits per heavy atom. The van der Waals surface area contributed by atoms with Crippen molar-refractivity contribution in [2.24, 2.45) is 5.73 Å². The van der Waals surface area contributed by atoms with Crippen LogP contribution >= 0.6 is 11.3 Å². The van der Waals surface area contributed by atoms with Gasteiger partial charge in [0, 0.05) is 34.9 Å². The van der Waals surface area contributed by atoms with Crippen LogP contribution in [0.4, 0.5) is 0 Å². The van der Waals surface area contributed by atoms with E-state index in [1.54, 1.807) is 19.3 Å². The first-order valence-electron chi connectivity index (χ1n) is 12.6. The van der Waals surface area contributed by atoms with E-state index < -0.39 is 0 Å². The summed E-state index contributed by atoms with van der Waals surface area (Å²) >= 11 is 1.43. The molecule has 10 heteroatoms. The summed E-state index contributed by atoms with van der Waals surface area (Å²) in [5, 5.41) is 11.0. The van der Waals surface area contributed by atoms with Gasteiger partial charge in [0.1, 0.15) is 11.0 Å². The zero-order valence-electron chi connectivity index (χ0n) is 21.8. The summed E-state index contributed by atoms with van der Waals surface area (Å²) in [5.74, 6) is 0.632. The molecule has 0 atom stereocenters. The molecule has 0 fully saturated rings. The van der Waals surface area contributed by atoms with Crippen molar-refractivity contribution < 1.29 is 4.79 Å². The number of nitrogens with one attached hydrogen (secondary N) is 3. The Kier molecular flexibility index (Phi) is 7.17. The van der Waals surface area contributed by atoms with E-state index in [4.69, 9.17) is 15.7 Å². The number of nitrogens with zero attached hydrogens (tertiary/aromatic N) is 4. The quantitative estimate of drug-likeness (QED) is 0.148. The molecule has 5 N–H and O–H groups in total. The lowest BCUT2D eigenvalue weighted by Crippen LogP contribution is -2.26. The highest BCUT2D eigenvalue weighted by Gasteiger charge is 2.18. The van der Waals surface area contributed by atoms with E-state index in [-0.39, 0.29) is 11.8 Å². The standard InChI is InChI=1S/C28H30N8OS/c1-5-6-17(11-18(12-29)31-15(2)3)20-7-8-21-26(32-20)27(36-35-21)28-33-22-14-30-13-19(25(22)34-28)24-10-9-23(38-24)16(4)37/h6-11,13-15,31H,5,12,29H2,1-4H3,(H,33,34)(H,35,36)/b17-6+,18-11+. The predicted molar refractivity (Wildman–Crippen MR) is 154 cm³/mol. The van der Waals surface area contributed by atoms with Crippen LogP contribution in [0.15, 0.2) is 54.5 Å². The fourth-order valence-corrected chi connectivity index (χ4v) is 5.21. The van der Waals surface area contributed by atoms with Gasteiger partial charge in [-0.15, -0.1) is 11.3 Å². The Morgan fingerprint density at radius 3 is 2.68 bits per heavy atom. The van der Waals surface area contributed by atoms with Crippen LogP contribution in [-0.2, 0) is 0 Å². The Balaban J connectivity index is 1.58. The minimum atomic E-state index is 0.0406. The van der Waals surface area contributed by atoms with Crippen molar-refractivity contribution in [2.45, 2.75) is 40.2 Å². The van der Waals surface area contributed by atoms with E-state index in [0.717, 1.165) is 50.4 Å². The van der Waals surface area contributed by atoms with Crippen LogP contribution in [0.25, 0.3) is 49.6 Å². The lowest BCUT2D eigenvalue weighted by atomic mass is 10.1. The highest BCUT2D eigenvalue weighted by Crippen LogP contribution is 2.34. The topological polar surface area (TPSA) is 138 Å². The third-order valence-corrected chi connectivity index (χ3v) is 7.21. The second kappa shape index (κ2) is 10.7. The highest BCUT2D eigenvalue weighted by molar-refractivity contribution is 7.17. The number of fused-ring (bicyclic) bond motifs is 2. The van der Waals surface area contributed by atoms with E-state index in [2.05, 4.69) is 58.4 Å². The molecule has 5 heterocycles. The number of rotatable bonds is 9. The molecule has 0 bridgehead atoms. The number of aromatic nitrogens is 6. The first-order chi connectivity index (χ1) is 18.4. The molecule has 5 aromatic heterocycles. The minimum absolute atomic E-state index is 0.0406.